The highest BCUT2D eigenvalue weighted by molar-refractivity contribution is 6.32. The van der Waals surface area contributed by atoms with Crippen LogP contribution in [0.3, 0.4) is 0 Å². The Hall–Kier alpha value is -4.74. The Morgan fingerprint density at radius 3 is 2.76 bits per heavy atom. The van der Waals surface area contributed by atoms with Crippen LogP contribution in [-0.4, -0.2) is 63.4 Å². The van der Waals surface area contributed by atoms with Crippen molar-refractivity contribution in [2.24, 2.45) is 0 Å². The topological polar surface area (TPSA) is 109 Å². The van der Waals surface area contributed by atoms with Gasteiger partial charge in [-0.15, -0.1) is 0 Å². The fraction of sp³-hybridized carbons (Fsp3) is 0.233. The minimum atomic E-state index is -0.349. The maximum absolute atomic E-state index is 14.3. The van der Waals surface area contributed by atoms with E-state index in [0.717, 1.165) is 11.1 Å². The van der Waals surface area contributed by atoms with Crippen LogP contribution in [-0.2, 0) is 22.5 Å². The van der Waals surface area contributed by atoms with Gasteiger partial charge in [-0.3, -0.25) is 9.48 Å². The van der Waals surface area contributed by atoms with E-state index in [2.05, 4.69) is 22.0 Å². The highest BCUT2D eigenvalue weighted by atomic mass is 35.5. The van der Waals surface area contributed by atoms with Crippen molar-refractivity contribution < 1.29 is 14.3 Å². The molecule has 2 aliphatic heterocycles. The van der Waals surface area contributed by atoms with Crippen molar-refractivity contribution in [2.45, 2.75) is 19.0 Å². The number of anilines is 5. The largest absolute Gasteiger partial charge is 0.377 e. The first-order valence-corrected chi connectivity index (χ1v) is 13.9. The molecule has 0 aliphatic carbocycles. The van der Waals surface area contributed by atoms with E-state index in [0.29, 0.717) is 66.7 Å². The van der Waals surface area contributed by atoms with E-state index < -0.39 is 0 Å². The number of rotatable bonds is 8. The standard InChI is InChI=1S/C30H29ClN8O3/c1-3-26(40)33-22-10-7-11-23(14-22)39-28-21(12-13-37(30(39)41)16-20-8-5-4-6-9-20)15-32-29(34-28)36(2)25-17-38(35-27(25)31)24-18-42-19-24/h3-11,14-15,17,24H,1,12-13,16,18-19H2,2H3,(H,33,40). The van der Waals surface area contributed by atoms with Crippen LogP contribution in [0.15, 0.2) is 79.6 Å². The van der Waals surface area contributed by atoms with Gasteiger partial charge in [0.2, 0.25) is 11.9 Å². The average Bonchev–Trinajstić information content (AvgIpc) is 3.28. The van der Waals surface area contributed by atoms with Gasteiger partial charge >= 0.3 is 6.03 Å². The zero-order valence-corrected chi connectivity index (χ0v) is 23.7. The molecule has 6 rings (SSSR count). The molecule has 0 spiro atoms. The predicted octanol–water partition coefficient (Wildman–Crippen LogP) is 5.11. The van der Waals surface area contributed by atoms with Crippen LogP contribution in [0.1, 0.15) is 17.2 Å². The Bertz CT molecular complexity index is 1640. The fourth-order valence-electron chi connectivity index (χ4n) is 4.86. The van der Waals surface area contributed by atoms with Crippen molar-refractivity contribution in [3.8, 4) is 0 Å². The summed E-state index contributed by atoms with van der Waals surface area (Å²) in [6, 6.07) is 16.8. The number of benzene rings is 2. The molecule has 11 nitrogen and oxygen atoms in total. The summed E-state index contributed by atoms with van der Waals surface area (Å²) in [7, 11) is 1.81. The number of urea groups is 1. The van der Waals surface area contributed by atoms with E-state index in [1.165, 1.54) is 6.08 Å². The van der Waals surface area contributed by atoms with Gasteiger partial charge in [-0.1, -0.05) is 54.6 Å². The van der Waals surface area contributed by atoms with Gasteiger partial charge in [-0.25, -0.2) is 14.7 Å². The van der Waals surface area contributed by atoms with Crippen LogP contribution in [0, 0.1) is 0 Å². The summed E-state index contributed by atoms with van der Waals surface area (Å²) >= 11 is 6.52. The summed E-state index contributed by atoms with van der Waals surface area (Å²) in [5, 5.41) is 7.53. The van der Waals surface area contributed by atoms with Crippen LogP contribution in [0.25, 0.3) is 0 Å². The molecule has 2 aromatic carbocycles. The molecule has 1 saturated heterocycles. The summed E-state index contributed by atoms with van der Waals surface area (Å²) < 4.78 is 7.08. The number of fused-ring (bicyclic) bond motifs is 1. The molecule has 0 unspecified atom stereocenters. The molecule has 214 valence electrons. The lowest BCUT2D eigenvalue weighted by Gasteiger charge is -2.28. The van der Waals surface area contributed by atoms with Gasteiger partial charge in [0.1, 0.15) is 11.5 Å². The number of carbonyl (C=O) groups excluding carboxylic acids is 2. The smallest absolute Gasteiger partial charge is 0.330 e. The number of halogens is 1. The molecule has 3 amide bonds. The van der Waals surface area contributed by atoms with Crippen molar-refractivity contribution in [1.82, 2.24) is 24.6 Å². The predicted molar refractivity (Wildman–Crippen MR) is 161 cm³/mol. The zero-order chi connectivity index (χ0) is 29.2. The Balaban J connectivity index is 1.40. The maximum atomic E-state index is 14.3. The number of carbonyl (C=O) groups is 2. The molecule has 0 atom stereocenters. The first kappa shape index (κ1) is 27.4. The third-order valence-corrected chi connectivity index (χ3v) is 7.52. The molecule has 12 heteroatoms. The van der Waals surface area contributed by atoms with Gasteiger partial charge in [0, 0.05) is 37.6 Å². The number of hydrogen-bond acceptors (Lipinski definition) is 7. The molecule has 1 fully saturated rings. The van der Waals surface area contributed by atoms with Crippen molar-refractivity contribution in [3.05, 3.63) is 95.9 Å². The fourth-order valence-corrected chi connectivity index (χ4v) is 5.12. The molecule has 0 bridgehead atoms. The second-order valence-corrected chi connectivity index (χ2v) is 10.4. The first-order valence-electron chi connectivity index (χ1n) is 13.5. The van der Waals surface area contributed by atoms with Gasteiger partial charge < -0.3 is 19.9 Å². The van der Waals surface area contributed by atoms with E-state index in [1.807, 2.05) is 49.6 Å². The minimum Gasteiger partial charge on any atom is -0.377 e. The number of hydrogen-bond donors (Lipinski definition) is 1. The molecule has 4 heterocycles. The minimum absolute atomic E-state index is 0.134. The summed E-state index contributed by atoms with van der Waals surface area (Å²) in [6.07, 6.45) is 5.35. The van der Waals surface area contributed by atoms with Gasteiger partial charge in [0.15, 0.2) is 5.15 Å². The monoisotopic (exact) mass is 584 g/mol. The lowest BCUT2D eigenvalue weighted by Crippen LogP contribution is -2.40. The second-order valence-electron chi connectivity index (χ2n) is 10.1. The van der Waals surface area contributed by atoms with E-state index >= 15 is 0 Å². The van der Waals surface area contributed by atoms with Gasteiger partial charge in [-0.05, 0) is 36.3 Å². The molecule has 4 aromatic rings. The molecular weight excluding hydrogens is 556 g/mol. The van der Waals surface area contributed by atoms with Gasteiger partial charge in [0.25, 0.3) is 0 Å². The summed E-state index contributed by atoms with van der Waals surface area (Å²) in [6.45, 7) is 5.59. The second kappa shape index (κ2) is 11.6. The normalized spacial score (nSPS) is 15.0. The van der Waals surface area contributed by atoms with Crippen LogP contribution in [0.4, 0.5) is 33.6 Å². The SMILES string of the molecule is C=CC(=O)Nc1cccc(N2C(=O)N(Cc3ccccc3)CCc3cnc(N(C)c4cn(C5COC5)nc4Cl)nc32)c1. The lowest BCUT2D eigenvalue weighted by atomic mass is 10.2. The van der Waals surface area contributed by atoms with Crippen molar-refractivity contribution in [2.75, 3.05) is 41.9 Å². The molecular formula is C30H29ClN8O3. The Labute approximate surface area is 248 Å². The maximum Gasteiger partial charge on any atom is 0.330 e. The third-order valence-electron chi connectivity index (χ3n) is 7.25. The van der Waals surface area contributed by atoms with E-state index in [1.54, 1.807) is 43.8 Å². The number of amides is 3. The third kappa shape index (κ3) is 5.44. The van der Waals surface area contributed by atoms with Crippen molar-refractivity contribution in [1.29, 1.82) is 0 Å². The molecule has 0 radical (unpaired) electrons. The number of ether oxygens (including phenoxy) is 1. The molecule has 0 saturated carbocycles. The molecule has 2 aromatic heterocycles. The Morgan fingerprint density at radius 2 is 2.02 bits per heavy atom. The van der Waals surface area contributed by atoms with Crippen LogP contribution in [0.5, 0.6) is 0 Å². The van der Waals surface area contributed by atoms with Crippen molar-refractivity contribution in [3.63, 3.8) is 0 Å². The number of nitrogens with zero attached hydrogens (tertiary/aromatic N) is 7. The summed E-state index contributed by atoms with van der Waals surface area (Å²) in [5.41, 5.74) is 3.53. The summed E-state index contributed by atoms with van der Waals surface area (Å²) in [4.78, 5) is 40.9. The van der Waals surface area contributed by atoms with E-state index in [-0.39, 0.29) is 18.0 Å². The molecule has 42 heavy (non-hydrogen) atoms. The zero-order valence-electron chi connectivity index (χ0n) is 23.0. The van der Waals surface area contributed by atoms with E-state index in [9.17, 15) is 9.59 Å². The quantitative estimate of drug-likeness (QED) is 0.287. The summed E-state index contributed by atoms with van der Waals surface area (Å²) in [5.74, 6) is 0.457. The van der Waals surface area contributed by atoms with Crippen LogP contribution in [0.2, 0.25) is 5.15 Å². The van der Waals surface area contributed by atoms with Crippen LogP contribution >= 0.6 is 11.6 Å². The highest BCUT2D eigenvalue weighted by Gasteiger charge is 2.32. The molecule has 2 aliphatic rings. The number of aromatic nitrogens is 4. The average molecular weight is 585 g/mol. The number of nitrogens with one attached hydrogen (secondary N) is 1. The lowest BCUT2D eigenvalue weighted by molar-refractivity contribution is -0.111. The van der Waals surface area contributed by atoms with Crippen molar-refractivity contribution >= 4 is 52.4 Å². The van der Waals surface area contributed by atoms with E-state index in [4.69, 9.17) is 21.3 Å². The van der Waals surface area contributed by atoms with Crippen LogP contribution < -0.4 is 15.1 Å². The highest BCUT2D eigenvalue weighted by Crippen LogP contribution is 2.36. The van der Waals surface area contributed by atoms with Gasteiger partial charge in [0.05, 0.1) is 31.1 Å². The van der Waals surface area contributed by atoms with Gasteiger partial charge in [-0.2, -0.15) is 10.1 Å². The Morgan fingerprint density at radius 1 is 1.21 bits per heavy atom. The Kier molecular flexibility index (Phi) is 7.60. The molecule has 1 N–H and O–H groups in total. The first-order chi connectivity index (χ1) is 20.4.